The lowest BCUT2D eigenvalue weighted by Crippen LogP contribution is -2.15. The Morgan fingerprint density at radius 2 is 1.95 bits per heavy atom. The van der Waals surface area contributed by atoms with Crippen molar-refractivity contribution in [1.82, 2.24) is 0 Å². The van der Waals surface area contributed by atoms with Crippen LogP contribution in [0, 0.1) is 18.6 Å². The molecule has 0 saturated carbocycles. The number of aryl methyl sites for hydroxylation is 1. The van der Waals surface area contributed by atoms with E-state index in [1.54, 1.807) is 12.1 Å². The number of amides is 1. The van der Waals surface area contributed by atoms with Gasteiger partial charge in [-0.15, -0.1) is 0 Å². The second-order valence-electron chi connectivity index (χ2n) is 4.55. The van der Waals surface area contributed by atoms with Gasteiger partial charge in [-0.2, -0.15) is 0 Å². The molecule has 0 aromatic heterocycles. The lowest BCUT2D eigenvalue weighted by molar-refractivity contribution is -0.115. The minimum Gasteiger partial charge on any atom is -0.325 e. The number of benzene rings is 2. The molecule has 2 rings (SSSR count). The van der Waals surface area contributed by atoms with Gasteiger partial charge in [-0.05, 0) is 58.2 Å². The molecule has 6 heteroatoms. The Bertz CT molecular complexity index is 706. The highest BCUT2D eigenvalue weighted by molar-refractivity contribution is 9.10. The van der Waals surface area contributed by atoms with Gasteiger partial charge in [0.1, 0.15) is 0 Å². The van der Waals surface area contributed by atoms with E-state index in [1.165, 1.54) is 6.07 Å². The van der Waals surface area contributed by atoms with Crippen molar-refractivity contribution in [3.63, 3.8) is 0 Å². The Labute approximate surface area is 134 Å². The van der Waals surface area contributed by atoms with E-state index in [0.717, 1.165) is 17.7 Å². The molecular formula is C15H11BrClF2NO. The van der Waals surface area contributed by atoms with Crippen LogP contribution in [0.15, 0.2) is 34.8 Å². The van der Waals surface area contributed by atoms with Gasteiger partial charge in [0.05, 0.1) is 12.1 Å². The summed E-state index contributed by atoms with van der Waals surface area (Å²) in [6.07, 6.45) is -0.0604. The highest BCUT2D eigenvalue weighted by atomic mass is 79.9. The predicted molar refractivity (Wildman–Crippen MR) is 82.6 cm³/mol. The summed E-state index contributed by atoms with van der Waals surface area (Å²) >= 11 is 9.34. The Morgan fingerprint density at radius 1 is 1.24 bits per heavy atom. The molecule has 0 spiro atoms. The van der Waals surface area contributed by atoms with Crippen LogP contribution in [0.3, 0.4) is 0 Å². The van der Waals surface area contributed by atoms with Crippen molar-refractivity contribution in [1.29, 1.82) is 0 Å². The van der Waals surface area contributed by atoms with E-state index in [-0.39, 0.29) is 12.3 Å². The molecule has 0 aliphatic rings. The molecule has 0 radical (unpaired) electrons. The summed E-state index contributed by atoms with van der Waals surface area (Å²) in [6, 6.07) is 6.79. The van der Waals surface area contributed by atoms with Crippen molar-refractivity contribution in [3.8, 4) is 0 Å². The average molecular weight is 375 g/mol. The number of rotatable bonds is 3. The largest absolute Gasteiger partial charge is 0.325 e. The third-order valence-electron chi connectivity index (χ3n) is 2.87. The van der Waals surface area contributed by atoms with Crippen LogP contribution in [0.25, 0.3) is 0 Å². The highest BCUT2D eigenvalue weighted by Crippen LogP contribution is 2.29. The quantitative estimate of drug-likeness (QED) is 0.816. The molecule has 0 unspecified atom stereocenters. The number of halogens is 4. The van der Waals surface area contributed by atoms with Gasteiger partial charge in [0.15, 0.2) is 11.6 Å². The van der Waals surface area contributed by atoms with Gasteiger partial charge in [0.2, 0.25) is 5.91 Å². The minimum atomic E-state index is -0.972. The Balaban J connectivity index is 2.11. The fourth-order valence-corrected chi connectivity index (χ4v) is 2.49. The van der Waals surface area contributed by atoms with Crippen molar-refractivity contribution in [2.24, 2.45) is 0 Å². The first-order chi connectivity index (χ1) is 9.86. The van der Waals surface area contributed by atoms with Crippen molar-refractivity contribution in [3.05, 3.63) is 62.6 Å². The molecule has 110 valence electrons. The average Bonchev–Trinajstić information content (AvgIpc) is 2.40. The monoisotopic (exact) mass is 373 g/mol. The summed E-state index contributed by atoms with van der Waals surface area (Å²) in [5.74, 6) is -2.26. The van der Waals surface area contributed by atoms with E-state index in [4.69, 9.17) is 11.6 Å². The number of hydrogen-bond donors (Lipinski definition) is 1. The Hall–Kier alpha value is -1.46. The minimum absolute atomic E-state index is 0.0604. The standard InChI is InChI=1S/C15H11BrClF2NO/c1-8-4-10(16)14(7-11(8)17)20-15(21)6-9-2-3-12(18)13(19)5-9/h2-5,7H,6H2,1H3,(H,20,21). The highest BCUT2D eigenvalue weighted by Gasteiger charge is 2.10. The second kappa shape index (κ2) is 6.54. The van der Waals surface area contributed by atoms with Crippen LogP contribution in [-0.4, -0.2) is 5.91 Å². The molecule has 0 fully saturated rings. The molecule has 0 aliphatic carbocycles. The van der Waals surface area contributed by atoms with Crippen molar-refractivity contribution in [2.75, 3.05) is 5.32 Å². The number of carbonyl (C=O) groups excluding carboxylic acids is 1. The molecule has 2 aromatic rings. The summed E-state index contributed by atoms with van der Waals surface area (Å²) in [5.41, 5.74) is 1.79. The number of nitrogens with one attached hydrogen (secondary N) is 1. The number of carbonyl (C=O) groups is 1. The molecular weight excluding hydrogens is 364 g/mol. The summed E-state index contributed by atoms with van der Waals surface area (Å²) in [6.45, 7) is 1.85. The van der Waals surface area contributed by atoms with Crippen LogP contribution >= 0.6 is 27.5 Å². The van der Waals surface area contributed by atoms with E-state index in [1.807, 2.05) is 6.92 Å². The first-order valence-electron chi connectivity index (χ1n) is 6.06. The molecule has 0 atom stereocenters. The third kappa shape index (κ3) is 4.02. The topological polar surface area (TPSA) is 29.1 Å². The third-order valence-corrected chi connectivity index (χ3v) is 3.93. The maximum Gasteiger partial charge on any atom is 0.228 e. The zero-order valence-electron chi connectivity index (χ0n) is 11.0. The molecule has 1 N–H and O–H groups in total. The van der Waals surface area contributed by atoms with Gasteiger partial charge in [-0.25, -0.2) is 8.78 Å². The number of hydrogen-bond acceptors (Lipinski definition) is 1. The zero-order chi connectivity index (χ0) is 15.6. The van der Waals surface area contributed by atoms with E-state index in [9.17, 15) is 13.6 Å². The molecule has 0 aliphatic heterocycles. The SMILES string of the molecule is Cc1cc(Br)c(NC(=O)Cc2ccc(F)c(F)c2)cc1Cl. The fourth-order valence-electron chi connectivity index (χ4n) is 1.77. The summed E-state index contributed by atoms with van der Waals surface area (Å²) in [7, 11) is 0. The van der Waals surface area contributed by atoms with E-state index in [2.05, 4.69) is 21.2 Å². The zero-order valence-corrected chi connectivity index (χ0v) is 13.4. The van der Waals surface area contributed by atoms with Crippen molar-refractivity contribution < 1.29 is 13.6 Å². The van der Waals surface area contributed by atoms with Crippen LogP contribution in [0.5, 0.6) is 0 Å². The van der Waals surface area contributed by atoms with Gasteiger partial charge in [0, 0.05) is 9.50 Å². The van der Waals surface area contributed by atoms with Crippen molar-refractivity contribution in [2.45, 2.75) is 13.3 Å². The Morgan fingerprint density at radius 3 is 2.62 bits per heavy atom. The molecule has 21 heavy (non-hydrogen) atoms. The molecule has 0 heterocycles. The molecule has 2 nitrogen and oxygen atoms in total. The predicted octanol–water partition coefficient (Wildman–Crippen LogP) is 4.87. The fraction of sp³-hybridized carbons (Fsp3) is 0.133. The van der Waals surface area contributed by atoms with E-state index < -0.39 is 11.6 Å². The van der Waals surface area contributed by atoms with Gasteiger partial charge in [0.25, 0.3) is 0 Å². The van der Waals surface area contributed by atoms with Gasteiger partial charge >= 0.3 is 0 Å². The van der Waals surface area contributed by atoms with Gasteiger partial charge in [-0.3, -0.25) is 4.79 Å². The van der Waals surface area contributed by atoms with Crippen LogP contribution in [-0.2, 0) is 11.2 Å². The summed E-state index contributed by atoms with van der Waals surface area (Å²) < 4.78 is 26.6. The van der Waals surface area contributed by atoms with Crippen LogP contribution in [0.4, 0.5) is 14.5 Å². The van der Waals surface area contributed by atoms with Gasteiger partial charge < -0.3 is 5.32 Å². The first-order valence-corrected chi connectivity index (χ1v) is 7.23. The van der Waals surface area contributed by atoms with E-state index >= 15 is 0 Å². The van der Waals surface area contributed by atoms with Crippen LogP contribution in [0.1, 0.15) is 11.1 Å². The molecule has 1 amide bonds. The molecule has 0 bridgehead atoms. The molecule has 0 saturated heterocycles. The van der Waals surface area contributed by atoms with Crippen molar-refractivity contribution >= 4 is 39.1 Å². The second-order valence-corrected chi connectivity index (χ2v) is 5.82. The smallest absolute Gasteiger partial charge is 0.228 e. The summed E-state index contributed by atoms with van der Waals surface area (Å²) in [5, 5.41) is 3.20. The summed E-state index contributed by atoms with van der Waals surface area (Å²) in [4.78, 5) is 11.9. The first kappa shape index (κ1) is 15.9. The number of anilines is 1. The lowest BCUT2D eigenvalue weighted by atomic mass is 10.1. The maximum absolute atomic E-state index is 13.1. The maximum atomic E-state index is 13.1. The molecule has 2 aromatic carbocycles. The van der Waals surface area contributed by atoms with Gasteiger partial charge in [-0.1, -0.05) is 17.7 Å². The lowest BCUT2D eigenvalue weighted by Gasteiger charge is -2.10. The van der Waals surface area contributed by atoms with Crippen LogP contribution in [0.2, 0.25) is 5.02 Å². The Kier molecular flexibility index (Phi) is 4.96. The van der Waals surface area contributed by atoms with E-state index in [0.29, 0.717) is 20.7 Å². The van der Waals surface area contributed by atoms with Crippen LogP contribution < -0.4 is 5.32 Å². The normalized spacial score (nSPS) is 10.5.